The van der Waals surface area contributed by atoms with Crippen LogP contribution in [0.25, 0.3) is 0 Å². The number of anilines is 2. The number of carbonyl (C=O) groups is 1. The minimum atomic E-state index is -0.268. The highest BCUT2D eigenvalue weighted by atomic mass is 16.2. The van der Waals surface area contributed by atoms with E-state index in [2.05, 4.69) is 17.2 Å². The second-order valence-corrected chi connectivity index (χ2v) is 2.75. The molecule has 74 valence electrons. The Labute approximate surface area is 82.8 Å². The predicted molar refractivity (Wildman–Crippen MR) is 58.1 cm³/mol. The number of hydrogen-bond donors (Lipinski definition) is 3. The lowest BCUT2D eigenvalue weighted by atomic mass is 10.3. The van der Waals surface area contributed by atoms with Crippen LogP contribution in [0, 0.1) is 0 Å². The second kappa shape index (κ2) is 4.91. The van der Waals surface area contributed by atoms with Crippen molar-refractivity contribution >= 4 is 17.4 Å². The largest absolute Gasteiger partial charge is 0.399 e. The number of rotatable bonds is 3. The van der Waals surface area contributed by atoms with E-state index < -0.39 is 0 Å². The predicted octanol–water partition coefficient (Wildman–Crippen LogP) is 1.58. The summed E-state index contributed by atoms with van der Waals surface area (Å²) in [6.07, 6.45) is 1.61. The SMILES string of the molecule is C=CCNC(=O)Nc1cccc(N)c1. The number of hydrogen-bond acceptors (Lipinski definition) is 2. The van der Waals surface area contributed by atoms with Gasteiger partial charge in [-0.1, -0.05) is 12.1 Å². The van der Waals surface area contributed by atoms with Crippen molar-refractivity contribution in [2.45, 2.75) is 0 Å². The molecule has 2 amide bonds. The zero-order chi connectivity index (χ0) is 10.4. The molecule has 1 aromatic rings. The van der Waals surface area contributed by atoms with Crippen LogP contribution in [0.15, 0.2) is 36.9 Å². The van der Waals surface area contributed by atoms with Crippen molar-refractivity contribution in [3.05, 3.63) is 36.9 Å². The summed E-state index contributed by atoms with van der Waals surface area (Å²) in [6.45, 7) is 3.93. The van der Waals surface area contributed by atoms with Gasteiger partial charge in [-0.25, -0.2) is 4.79 Å². The third-order valence-electron chi connectivity index (χ3n) is 1.55. The van der Waals surface area contributed by atoms with Gasteiger partial charge in [-0.2, -0.15) is 0 Å². The molecule has 0 aliphatic heterocycles. The third-order valence-corrected chi connectivity index (χ3v) is 1.55. The monoisotopic (exact) mass is 191 g/mol. The summed E-state index contributed by atoms with van der Waals surface area (Å²) in [5.41, 5.74) is 6.84. The van der Waals surface area contributed by atoms with Crippen molar-refractivity contribution < 1.29 is 4.79 Å². The molecule has 0 aromatic heterocycles. The van der Waals surface area contributed by atoms with Crippen LogP contribution in [0.1, 0.15) is 0 Å². The Morgan fingerprint density at radius 2 is 2.36 bits per heavy atom. The van der Waals surface area contributed by atoms with Crippen molar-refractivity contribution in [3.63, 3.8) is 0 Å². The van der Waals surface area contributed by atoms with Gasteiger partial charge in [0, 0.05) is 17.9 Å². The van der Waals surface area contributed by atoms with Crippen molar-refractivity contribution in [1.29, 1.82) is 0 Å². The number of nitrogen functional groups attached to an aromatic ring is 1. The van der Waals surface area contributed by atoms with Crippen LogP contribution in [0.5, 0.6) is 0 Å². The van der Waals surface area contributed by atoms with E-state index in [1.807, 2.05) is 0 Å². The molecule has 0 radical (unpaired) electrons. The first kappa shape index (κ1) is 10.1. The molecular weight excluding hydrogens is 178 g/mol. The summed E-state index contributed by atoms with van der Waals surface area (Å²) in [4.78, 5) is 11.2. The van der Waals surface area contributed by atoms with Gasteiger partial charge in [0.25, 0.3) is 0 Å². The number of benzene rings is 1. The molecule has 0 spiro atoms. The highest BCUT2D eigenvalue weighted by molar-refractivity contribution is 5.89. The summed E-state index contributed by atoms with van der Waals surface area (Å²) < 4.78 is 0. The first-order valence-electron chi connectivity index (χ1n) is 4.23. The van der Waals surface area contributed by atoms with Gasteiger partial charge in [0.05, 0.1) is 0 Å². The molecule has 4 nitrogen and oxygen atoms in total. The highest BCUT2D eigenvalue weighted by Crippen LogP contribution is 2.11. The molecule has 0 bridgehead atoms. The molecule has 1 aromatic carbocycles. The molecular formula is C10H13N3O. The van der Waals surface area contributed by atoms with Crippen molar-refractivity contribution in [3.8, 4) is 0 Å². The minimum Gasteiger partial charge on any atom is -0.399 e. The number of amides is 2. The molecule has 0 saturated carbocycles. The van der Waals surface area contributed by atoms with Gasteiger partial charge in [0.15, 0.2) is 0 Å². The van der Waals surface area contributed by atoms with Crippen LogP contribution < -0.4 is 16.4 Å². The second-order valence-electron chi connectivity index (χ2n) is 2.75. The van der Waals surface area contributed by atoms with Gasteiger partial charge < -0.3 is 16.4 Å². The average molecular weight is 191 g/mol. The van der Waals surface area contributed by atoms with E-state index in [4.69, 9.17) is 5.73 Å². The summed E-state index contributed by atoms with van der Waals surface area (Å²) in [5.74, 6) is 0. The van der Waals surface area contributed by atoms with Crippen molar-refractivity contribution in [2.24, 2.45) is 0 Å². The van der Waals surface area contributed by atoms with Crippen LogP contribution in [0.4, 0.5) is 16.2 Å². The Morgan fingerprint density at radius 3 is 3.00 bits per heavy atom. The number of nitrogens with two attached hydrogens (primary N) is 1. The molecule has 14 heavy (non-hydrogen) atoms. The Hall–Kier alpha value is -1.97. The zero-order valence-corrected chi connectivity index (χ0v) is 7.79. The van der Waals surface area contributed by atoms with Crippen molar-refractivity contribution in [2.75, 3.05) is 17.6 Å². The van der Waals surface area contributed by atoms with E-state index in [1.54, 1.807) is 30.3 Å². The molecule has 0 saturated heterocycles. The summed E-state index contributed by atoms with van der Waals surface area (Å²) in [7, 11) is 0. The van der Waals surface area contributed by atoms with Gasteiger partial charge in [0.1, 0.15) is 0 Å². The molecule has 4 heteroatoms. The lowest BCUT2D eigenvalue weighted by molar-refractivity contribution is 0.253. The maximum absolute atomic E-state index is 11.2. The van der Waals surface area contributed by atoms with E-state index in [0.717, 1.165) is 0 Å². The molecule has 1 rings (SSSR count). The van der Waals surface area contributed by atoms with Crippen LogP contribution >= 0.6 is 0 Å². The fourth-order valence-corrected chi connectivity index (χ4v) is 0.957. The van der Waals surface area contributed by atoms with E-state index >= 15 is 0 Å². The van der Waals surface area contributed by atoms with Gasteiger partial charge in [-0.05, 0) is 18.2 Å². The molecule has 0 atom stereocenters. The quantitative estimate of drug-likeness (QED) is 0.501. The van der Waals surface area contributed by atoms with Crippen LogP contribution in [-0.2, 0) is 0 Å². The van der Waals surface area contributed by atoms with Crippen LogP contribution in [0.2, 0.25) is 0 Å². The Bertz CT molecular complexity index is 336. The van der Waals surface area contributed by atoms with E-state index in [0.29, 0.717) is 17.9 Å². The lowest BCUT2D eigenvalue weighted by Crippen LogP contribution is -2.28. The topological polar surface area (TPSA) is 67.2 Å². The fourth-order valence-electron chi connectivity index (χ4n) is 0.957. The fraction of sp³-hybridized carbons (Fsp3) is 0.100. The lowest BCUT2D eigenvalue weighted by Gasteiger charge is -2.05. The molecule has 0 heterocycles. The molecule has 0 unspecified atom stereocenters. The molecule has 0 fully saturated rings. The minimum absolute atomic E-state index is 0.268. The maximum Gasteiger partial charge on any atom is 0.319 e. The Morgan fingerprint density at radius 1 is 1.57 bits per heavy atom. The van der Waals surface area contributed by atoms with Crippen LogP contribution in [-0.4, -0.2) is 12.6 Å². The highest BCUT2D eigenvalue weighted by Gasteiger charge is 1.98. The Kier molecular flexibility index (Phi) is 3.55. The Balaban J connectivity index is 2.51. The first-order chi connectivity index (χ1) is 6.72. The van der Waals surface area contributed by atoms with Crippen LogP contribution in [0.3, 0.4) is 0 Å². The van der Waals surface area contributed by atoms with Gasteiger partial charge >= 0.3 is 6.03 Å². The first-order valence-corrected chi connectivity index (χ1v) is 4.23. The molecule has 0 aliphatic rings. The number of nitrogens with one attached hydrogen (secondary N) is 2. The summed E-state index contributed by atoms with van der Waals surface area (Å²) >= 11 is 0. The number of urea groups is 1. The van der Waals surface area contributed by atoms with E-state index in [1.165, 1.54) is 0 Å². The van der Waals surface area contributed by atoms with E-state index in [9.17, 15) is 4.79 Å². The maximum atomic E-state index is 11.2. The molecule has 4 N–H and O–H groups in total. The van der Waals surface area contributed by atoms with Gasteiger partial charge in [-0.3, -0.25) is 0 Å². The average Bonchev–Trinajstić information content (AvgIpc) is 2.15. The third kappa shape index (κ3) is 3.18. The summed E-state index contributed by atoms with van der Waals surface area (Å²) in [5, 5.41) is 5.23. The van der Waals surface area contributed by atoms with Crippen molar-refractivity contribution in [1.82, 2.24) is 5.32 Å². The smallest absolute Gasteiger partial charge is 0.319 e. The molecule has 0 aliphatic carbocycles. The normalized spacial score (nSPS) is 9.14. The number of carbonyl (C=O) groups excluding carboxylic acids is 1. The standard InChI is InChI=1S/C10H13N3O/c1-2-6-12-10(14)13-9-5-3-4-8(11)7-9/h2-5,7H,1,6,11H2,(H2,12,13,14). The van der Waals surface area contributed by atoms with Gasteiger partial charge in [0.2, 0.25) is 0 Å². The zero-order valence-electron chi connectivity index (χ0n) is 7.79. The summed E-state index contributed by atoms with van der Waals surface area (Å²) in [6, 6.07) is 6.72. The van der Waals surface area contributed by atoms with E-state index in [-0.39, 0.29) is 6.03 Å². The van der Waals surface area contributed by atoms with Gasteiger partial charge in [-0.15, -0.1) is 6.58 Å².